The van der Waals surface area contributed by atoms with Crippen molar-refractivity contribution in [2.24, 2.45) is 0 Å². The smallest absolute Gasteiger partial charge is 0.262 e. The number of benzene rings is 2. The molecule has 9 nitrogen and oxygen atoms in total. The Hall–Kier alpha value is -3.50. The van der Waals surface area contributed by atoms with Gasteiger partial charge < -0.3 is 9.26 Å². The Morgan fingerprint density at radius 2 is 1.88 bits per heavy atom. The number of hydrogen-bond acceptors (Lipinski definition) is 8. The van der Waals surface area contributed by atoms with Crippen molar-refractivity contribution in [1.29, 1.82) is 0 Å². The van der Waals surface area contributed by atoms with Gasteiger partial charge in [0.25, 0.3) is 11.4 Å². The molecule has 3 heterocycles. The number of fused-ring (bicyclic) bond motifs is 3. The van der Waals surface area contributed by atoms with Crippen LogP contribution in [0.25, 0.3) is 28.1 Å². The normalized spacial score (nSPS) is 11.5. The van der Waals surface area contributed by atoms with Crippen LogP contribution in [0.3, 0.4) is 0 Å². The van der Waals surface area contributed by atoms with Gasteiger partial charge in [-0.15, -0.1) is 10.2 Å². The first-order chi connectivity index (χ1) is 15.8. The molecule has 0 N–H and O–H groups in total. The Labute approximate surface area is 187 Å². The van der Waals surface area contributed by atoms with E-state index in [4.69, 9.17) is 9.26 Å². The molecule has 0 unspecified atom stereocenters. The summed E-state index contributed by atoms with van der Waals surface area (Å²) in [7, 11) is 1.64. The van der Waals surface area contributed by atoms with Crippen LogP contribution in [0.5, 0.6) is 0 Å². The zero-order valence-corrected chi connectivity index (χ0v) is 18.2. The summed E-state index contributed by atoms with van der Waals surface area (Å²) in [5, 5.41) is 14.0. The second-order valence-corrected chi connectivity index (χ2v) is 8.05. The molecule has 0 atom stereocenters. The van der Waals surface area contributed by atoms with Gasteiger partial charge in [-0.25, -0.2) is 0 Å². The lowest BCUT2D eigenvalue weighted by atomic mass is 10.2. The summed E-state index contributed by atoms with van der Waals surface area (Å²) in [5.41, 5.74) is 1.55. The van der Waals surface area contributed by atoms with Crippen LogP contribution in [-0.4, -0.2) is 43.0 Å². The Kier molecular flexibility index (Phi) is 5.70. The second-order valence-electron chi connectivity index (χ2n) is 7.11. The molecular formula is C22H20N6O3S. The van der Waals surface area contributed by atoms with Gasteiger partial charge in [0.2, 0.25) is 5.78 Å². The van der Waals surface area contributed by atoms with Gasteiger partial charge in [-0.3, -0.25) is 13.8 Å². The Morgan fingerprint density at radius 3 is 2.72 bits per heavy atom. The van der Waals surface area contributed by atoms with Crippen molar-refractivity contribution in [3.05, 3.63) is 70.8 Å². The van der Waals surface area contributed by atoms with E-state index < -0.39 is 0 Å². The number of ether oxygens (including phenoxy) is 1. The highest BCUT2D eigenvalue weighted by molar-refractivity contribution is 7.98. The molecule has 10 heteroatoms. The minimum absolute atomic E-state index is 0.0844. The zero-order valence-electron chi connectivity index (χ0n) is 17.3. The quantitative estimate of drug-likeness (QED) is 0.263. The third kappa shape index (κ3) is 3.78. The molecule has 0 fully saturated rings. The molecule has 0 aliphatic rings. The highest BCUT2D eigenvalue weighted by Gasteiger charge is 2.17. The van der Waals surface area contributed by atoms with Crippen LogP contribution < -0.4 is 5.56 Å². The van der Waals surface area contributed by atoms with Gasteiger partial charge >= 0.3 is 0 Å². The molecule has 5 aromatic rings. The molecule has 0 aliphatic heterocycles. The number of para-hydroxylation sites is 1. The molecule has 2 aromatic carbocycles. The van der Waals surface area contributed by atoms with Gasteiger partial charge in [0.1, 0.15) is 0 Å². The van der Waals surface area contributed by atoms with Crippen molar-refractivity contribution in [2.45, 2.75) is 23.9 Å². The molecule has 0 spiro atoms. The standard InChI is InChI=1S/C22H20N6O3S/c1-30-13-7-12-27-20(29)16-10-5-6-11-17(16)28-21(27)24-25-22(28)32-14-18-23-19(31-26-18)15-8-3-2-4-9-15/h2-6,8-11H,7,12-14H2,1H3. The Balaban J connectivity index is 1.49. The maximum Gasteiger partial charge on any atom is 0.262 e. The number of methoxy groups -OCH3 is 1. The lowest BCUT2D eigenvalue weighted by molar-refractivity contribution is 0.190. The number of hydrogen-bond donors (Lipinski definition) is 0. The molecule has 0 aliphatic carbocycles. The van der Waals surface area contributed by atoms with Gasteiger partial charge in [-0.1, -0.05) is 47.3 Å². The Bertz CT molecular complexity index is 1430. The fourth-order valence-electron chi connectivity index (χ4n) is 3.54. The summed E-state index contributed by atoms with van der Waals surface area (Å²) >= 11 is 1.44. The molecular weight excluding hydrogens is 428 g/mol. The van der Waals surface area contributed by atoms with Gasteiger partial charge in [0, 0.05) is 25.8 Å². The van der Waals surface area contributed by atoms with Gasteiger partial charge in [-0.05, 0) is 30.7 Å². The van der Waals surface area contributed by atoms with Crippen molar-refractivity contribution in [2.75, 3.05) is 13.7 Å². The third-order valence-corrected chi connectivity index (χ3v) is 5.95. The van der Waals surface area contributed by atoms with E-state index in [0.29, 0.717) is 53.4 Å². The predicted molar refractivity (Wildman–Crippen MR) is 121 cm³/mol. The monoisotopic (exact) mass is 448 g/mol. The summed E-state index contributed by atoms with van der Waals surface area (Å²) in [6, 6.07) is 17.1. The highest BCUT2D eigenvalue weighted by atomic mass is 32.2. The van der Waals surface area contributed by atoms with E-state index >= 15 is 0 Å². The maximum absolute atomic E-state index is 13.1. The largest absolute Gasteiger partial charge is 0.385 e. The van der Waals surface area contributed by atoms with Crippen LogP contribution in [-0.2, 0) is 17.0 Å². The lowest BCUT2D eigenvalue weighted by Crippen LogP contribution is -2.24. The van der Waals surface area contributed by atoms with Gasteiger partial charge in [0.05, 0.1) is 16.7 Å². The minimum Gasteiger partial charge on any atom is -0.385 e. The van der Waals surface area contributed by atoms with Crippen LogP contribution in [0.15, 0.2) is 69.1 Å². The van der Waals surface area contributed by atoms with Crippen molar-refractivity contribution in [1.82, 2.24) is 29.3 Å². The van der Waals surface area contributed by atoms with Crippen molar-refractivity contribution in [3.8, 4) is 11.5 Å². The van der Waals surface area contributed by atoms with E-state index in [1.165, 1.54) is 11.8 Å². The molecule has 5 rings (SSSR count). The molecule has 162 valence electrons. The fraction of sp³-hybridized carbons (Fsp3) is 0.227. The van der Waals surface area contributed by atoms with Gasteiger partial charge in [0.15, 0.2) is 11.0 Å². The van der Waals surface area contributed by atoms with E-state index in [-0.39, 0.29) is 5.56 Å². The number of thioether (sulfide) groups is 1. The van der Waals surface area contributed by atoms with Crippen LogP contribution in [0.1, 0.15) is 12.2 Å². The number of aryl methyl sites for hydroxylation is 1. The number of nitrogens with zero attached hydrogens (tertiary/aromatic N) is 6. The molecule has 0 saturated carbocycles. The predicted octanol–water partition coefficient (Wildman–Crippen LogP) is 3.42. The molecule has 3 aromatic heterocycles. The van der Waals surface area contributed by atoms with Crippen molar-refractivity contribution in [3.63, 3.8) is 0 Å². The SMILES string of the molecule is COCCCn1c(=O)c2ccccc2n2c(SCc3noc(-c4ccccc4)n3)nnc12. The second kappa shape index (κ2) is 8.93. The third-order valence-electron chi connectivity index (χ3n) is 5.03. The first-order valence-electron chi connectivity index (χ1n) is 10.1. The summed E-state index contributed by atoms with van der Waals surface area (Å²) in [4.78, 5) is 17.5. The van der Waals surface area contributed by atoms with Crippen LogP contribution in [0.4, 0.5) is 0 Å². The summed E-state index contributed by atoms with van der Waals surface area (Å²) in [6.45, 7) is 1.05. The number of aromatic nitrogens is 6. The maximum atomic E-state index is 13.1. The van der Waals surface area contributed by atoms with Crippen molar-refractivity contribution < 1.29 is 9.26 Å². The number of rotatable bonds is 8. The zero-order chi connectivity index (χ0) is 21.9. The van der Waals surface area contributed by atoms with Crippen LogP contribution in [0, 0.1) is 0 Å². The average molecular weight is 449 g/mol. The molecule has 0 radical (unpaired) electrons. The van der Waals surface area contributed by atoms with E-state index in [0.717, 1.165) is 11.1 Å². The molecule has 0 amide bonds. The van der Waals surface area contributed by atoms with Crippen LogP contribution >= 0.6 is 11.8 Å². The first-order valence-corrected chi connectivity index (χ1v) is 11.1. The molecule has 0 saturated heterocycles. The summed E-state index contributed by atoms with van der Waals surface area (Å²) in [5.74, 6) is 1.99. The Morgan fingerprint density at radius 1 is 1.06 bits per heavy atom. The molecule has 32 heavy (non-hydrogen) atoms. The van der Waals surface area contributed by atoms with E-state index in [1.807, 2.05) is 59.0 Å². The van der Waals surface area contributed by atoms with Crippen LogP contribution in [0.2, 0.25) is 0 Å². The fourth-order valence-corrected chi connectivity index (χ4v) is 4.32. The minimum atomic E-state index is -0.0844. The van der Waals surface area contributed by atoms with Gasteiger partial charge in [-0.2, -0.15) is 4.98 Å². The van der Waals surface area contributed by atoms with E-state index in [1.54, 1.807) is 11.7 Å². The van der Waals surface area contributed by atoms with E-state index in [9.17, 15) is 4.79 Å². The topological polar surface area (TPSA) is 100 Å². The first kappa shape index (κ1) is 20.4. The lowest BCUT2D eigenvalue weighted by Gasteiger charge is -2.10. The highest BCUT2D eigenvalue weighted by Crippen LogP contribution is 2.25. The average Bonchev–Trinajstić information content (AvgIpc) is 3.48. The molecule has 0 bridgehead atoms. The van der Waals surface area contributed by atoms with E-state index in [2.05, 4.69) is 20.3 Å². The summed E-state index contributed by atoms with van der Waals surface area (Å²) in [6.07, 6.45) is 0.699. The summed E-state index contributed by atoms with van der Waals surface area (Å²) < 4.78 is 14.1. The van der Waals surface area contributed by atoms with Crippen molar-refractivity contribution >= 4 is 28.4 Å².